The van der Waals surface area contributed by atoms with Gasteiger partial charge in [-0.1, -0.05) is 33.1 Å². The number of nitrogens with one attached hydrogen (secondary N) is 1. The average Bonchev–Trinajstić information content (AvgIpc) is 2.93. The molecule has 0 aromatic rings. The van der Waals surface area contributed by atoms with Crippen molar-refractivity contribution in [1.29, 1.82) is 0 Å². The molecule has 0 saturated carbocycles. The summed E-state index contributed by atoms with van der Waals surface area (Å²) in [4.78, 5) is 35.4. The zero-order valence-corrected chi connectivity index (χ0v) is 13.2. The standard InChI is InChI=1S/C15H23N5O2/c1-3-5-6-7-12-15(21)20(8-4-2)14(18-12)11-9-16-10-17-13(11)19(20)22/h10,12H,3-9H2,1-2H3,(H,16,17)/q+2. The summed E-state index contributed by atoms with van der Waals surface area (Å²) in [5, 5.41) is 2.88. The lowest BCUT2D eigenvalue weighted by atomic mass is 10.1. The Hall–Kier alpha value is -1.89. The molecule has 0 saturated heterocycles. The van der Waals surface area contributed by atoms with Crippen LogP contribution in [0.1, 0.15) is 46.0 Å². The molecule has 3 aliphatic rings. The van der Waals surface area contributed by atoms with E-state index in [2.05, 4.69) is 22.2 Å². The molecule has 0 fully saturated rings. The van der Waals surface area contributed by atoms with Gasteiger partial charge >= 0.3 is 11.7 Å². The minimum Gasteiger partial charge on any atom is -0.249 e. The minimum absolute atomic E-state index is 0.0841. The van der Waals surface area contributed by atoms with Gasteiger partial charge in [0.2, 0.25) is 0 Å². The zero-order valence-electron chi connectivity index (χ0n) is 13.2. The van der Waals surface area contributed by atoms with Crippen molar-refractivity contribution in [1.82, 2.24) is 5.32 Å². The van der Waals surface area contributed by atoms with Crippen molar-refractivity contribution in [3.8, 4) is 0 Å². The molecule has 2 unspecified atom stereocenters. The third-order valence-corrected chi connectivity index (χ3v) is 4.51. The third kappa shape index (κ3) is 1.95. The summed E-state index contributed by atoms with van der Waals surface area (Å²) in [5.74, 6) is 0.962. The summed E-state index contributed by atoms with van der Waals surface area (Å²) in [6.45, 7) is 4.99. The van der Waals surface area contributed by atoms with Crippen molar-refractivity contribution < 1.29 is 14.3 Å². The predicted molar refractivity (Wildman–Crippen MR) is 82.9 cm³/mol. The molecule has 0 spiro atoms. The summed E-state index contributed by atoms with van der Waals surface area (Å²) in [5.41, 5.74) is 0.775. The summed E-state index contributed by atoms with van der Waals surface area (Å²) in [7, 11) is 0. The number of unbranched alkanes of at least 4 members (excludes halogenated alkanes) is 2. The lowest BCUT2D eigenvalue weighted by Gasteiger charge is -2.19. The topological polar surface area (TPSA) is 73.9 Å². The van der Waals surface area contributed by atoms with E-state index in [0.717, 1.165) is 42.5 Å². The highest BCUT2D eigenvalue weighted by molar-refractivity contribution is 6.06. The van der Waals surface area contributed by atoms with Crippen molar-refractivity contribution in [2.75, 3.05) is 13.1 Å². The van der Waals surface area contributed by atoms with Gasteiger partial charge in [0.25, 0.3) is 5.84 Å². The number of rotatable bonds is 6. The molecule has 118 valence electrons. The Labute approximate surface area is 129 Å². The summed E-state index contributed by atoms with van der Waals surface area (Å²) in [6.07, 6.45) is 6.14. The highest BCUT2D eigenvalue weighted by atomic mass is 16.4. The van der Waals surface area contributed by atoms with Gasteiger partial charge in [-0.25, -0.2) is 20.1 Å². The van der Waals surface area contributed by atoms with Crippen LogP contribution in [0.25, 0.3) is 0 Å². The number of aliphatic imine (C=N–C) groups is 2. The van der Waals surface area contributed by atoms with Crippen LogP contribution in [0.2, 0.25) is 0 Å². The van der Waals surface area contributed by atoms with Gasteiger partial charge in [-0.2, -0.15) is 0 Å². The highest BCUT2D eigenvalue weighted by Crippen LogP contribution is 2.36. The van der Waals surface area contributed by atoms with Crippen LogP contribution >= 0.6 is 0 Å². The quantitative estimate of drug-likeness (QED) is 0.461. The second kappa shape index (κ2) is 5.72. The Balaban J connectivity index is 1.95. The molecule has 7 nitrogen and oxygen atoms in total. The Kier molecular flexibility index (Phi) is 3.90. The van der Waals surface area contributed by atoms with Gasteiger partial charge < -0.3 is 0 Å². The maximum atomic E-state index is 13.0. The summed E-state index contributed by atoms with van der Waals surface area (Å²) < 4.78 is -0.297. The Morgan fingerprint density at radius 1 is 1.36 bits per heavy atom. The van der Waals surface area contributed by atoms with Crippen LogP contribution in [0.3, 0.4) is 0 Å². The van der Waals surface area contributed by atoms with Crippen LogP contribution in [0.4, 0.5) is 0 Å². The Morgan fingerprint density at radius 3 is 2.91 bits per heavy atom. The molecular weight excluding hydrogens is 282 g/mol. The molecule has 3 rings (SSSR count). The van der Waals surface area contributed by atoms with Crippen LogP contribution in [0.15, 0.2) is 21.4 Å². The molecule has 3 heterocycles. The van der Waals surface area contributed by atoms with Gasteiger partial charge in [-0.3, -0.25) is 0 Å². The molecule has 1 N–H and O–H groups in total. The summed E-state index contributed by atoms with van der Waals surface area (Å²) >= 11 is 0. The van der Waals surface area contributed by atoms with E-state index in [1.807, 2.05) is 6.92 Å². The molecular formula is C15H23N5O2+2. The van der Waals surface area contributed by atoms with Crippen molar-refractivity contribution in [2.45, 2.75) is 52.0 Å². The van der Waals surface area contributed by atoms with E-state index in [1.165, 1.54) is 6.34 Å². The van der Waals surface area contributed by atoms with E-state index in [4.69, 9.17) is 0 Å². The average molecular weight is 305 g/mol. The van der Waals surface area contributed by atoms with E-state index < -0.39 is 0 Å². The summed E-state index contributed by atoms with van der Waals surface area (Å²) in [6, 6.07) is -0.385. The lowest BCUT2D eigenvalue weighted by Crippen LogP contribution is -2.58. The molecule has 2 atom stereocenters. The molecule has 0 aromatic carbocycles. The maximum absolute atomic E-state index is 13.0. The molecule has 0 aromatic heterocycles. The van der Waals surface area contributed by atoms with Gasteiger partial charge in [0, 0.05) is 0 Å². The van der Waals surface area contributed by atoms with Crippen LogP contribution in [-0.2, 0) is 4.79 Å². The van der Waals surface area contributed by atoms with E-state index in [9.17, 15) is 9.70 Å². The van der Waals surface area contributed by atoms with E-state index in [0.29, 0.717) is 24.7 Å². The van der Waals surface area contributed by atoms with Crippen molar-refractivity contribution in [3.05, 3.63) is 16.3 Å². The molecule has 3 aliphatic heterocycles. The van der Waals surface area contributed by atoms with Crippen LogP contribution < -0.4 is 5.32 Å². The first-order valence-electron chi connectivity index (χ1n) is 8.13. The number of carbonyl (C=O) groups is 1. The molecule has 0 bridgehead atoms. The van der Waals surface area contributed by atoms with Gasteiger partial charge in [-0.05, 0) is 22.3 Å². The maximum Gasteiger partial charge on any atom is 0.394 e. The number of nitrogens with zero attached hydrogens (tertiary/aromatic N) is 4. The van der Waals surface area contributed by atoms with Crippen molar-refractivity contribution in [3.63, 3.8) is 0 Å². The van der Waals surface area contributed by atoms with Crippen molar-refractivity contribution >= 4 is 18.1 Å². The van der Waals surface area contributed by atoms with Gasteiger partial charge in [-0.15, -0.1) is 0 Å². The number of quaternary nitrogens is 1. The predicted octanol–water partition coefficient (Wildman–Crippen LogP) is 1.65. The second-order valence-electron chi connectivity index (χ2n) is 6.01. The van der Waals surface area contributed by atoms with Gasteiger partial charge in [0.15, 0.2) is 22.8 Å². The molecule has 0 radical (unpaired) electrons. The number of fused-ring (bicyclic) bond motifs is 2. The smallest absolute Gasteiger partial charge is 0.249 e. The van der Waals surface area contributed by atoms with Crippen LogP contribution in [-0.4, -0.2) is 46.7 Å². The fraction of sp³-hybridized carbons (Fsp3) is 0.667. The fourth-order valence-electron chi connectivity index (χ4n) is 3.46. The normalized spacial score (nSPS) is 29.5. The monoisotopic (exact) mass is 305 g/mol. The van der Waals surface area contributed by atoms with E-state index in [1.54, 1.807) is 0 Å². The van der Waals surface area contributed by atoms with Gasteiger partial charge in [0.1, 0.15) is 6.54 Å². The van der Waals surface area contributed by atoms with Crippen LogP contribution in [0, 0.1) is 4.91 Å². The second-order valence-corrected chi connectivity index (χ2v) is 6.01. The van der Waals surface area contributed by atoms with Crippen molar-refractivity contribution in [2.24, 2.45) is 9.98 Å². The number of amidine groups is 1. The largest absolute Gasteiger partial charge is 0.394 e. The van der Waals surface area contributed by atoms with E-state index in [-0.39, 0.29) is 16.5 Å². The molecule has 1 amide bonds. The fourth-order valence-corrected chi connectivity index (χ4v) is 3.46. The number of amides is 1. The first-order valence-corrected chi connectivity index (χ1v) is 8.13. The number of hydrogen-bond acceptors (Lipinski definition) is 5. The number of nitroso groups, excluding NO2 is 1. The first-order chi connectivity index (χ1) is 10.7. The van der Waals surface area contributed by atoms with Crippen LogP contribution in [0.5, 0.6) is 0 Å². The number of carbonyl (C=O) groups excluding carboxylic acids is 1. The Bertz CT molecular complexity index is 607. The SMILES string of the molecule is CCCCCC1N=C2C3=C(NC=NC3)[N+](=O)[N+]2(CCC)C1=O. The lowest BCUT2D eigenvalue weighted by molar-refractivity contribution is -1.22. The number of hydrogen-bond donors (Lipinski definition) is 1. The molecule has 7 heteroatoms. The first kappa shape index (κ1) is 15.0. The highest BCUT2D eigenvalue weighted by Gasteiger charge is 2.68. The molecule has 22 heavy (non-hydrogen) atoms. The minimum atomic E-state index is -0.385. The van der Waals surface area contributed by atoms with E-state index >= 15 is 0 Å². The zero-order chi connectivity index (χ0) is 15.7. The van der Waals surface area contributed by atoms with Gasteiger partial charge in [0.05, 0.1) is 6.54 Å². The Morgan fingerprint density at radius 2 is 2.18 bits per heavy atom. The molecule has 0 aliphatic carbocycles. The third-order valence-electron chi connectivity index (χ3n) is 4.51.